The lowest BCUT2D eigenvalue weighted by molar-refractivity contribution is -0.164. The largest absolute Gasteiger partial charge is 0.481 e. The summed E-state index contributed by atoms with van der Waals surface area (Å²) >= 11 is 0. The maximum Gasteiger partial charge on any atom is 0.326 e. The summed E-state index contributed by atoms with van der Waals surface area (Å²) in [6, 6.07) is 11.5. The zero-order valence-corrected chi connectivity index (χ0v) is 17.0. The van der Waals surface area contributed by atoms with E-state index in [4.69, 9.17) is 4.74 Å². The molecular weight excluding hydrogens is 370 g/mol. The zero-order chi connectivity index (χ0) is 21.4. The molecule has 1 aromatic carbocycles. The predicted molar refractivity (Wildman–Crippen MR) is 105 cm³/mol. The van der Waals surface area contributed by atoms with Crippen LogP contribution >= 0.6 is 0 Å². The van der Waals surface area contributed by atoms with Crippen LogP contribution in [-0.4, -0.2) is 32.2 Å². The Labute approximate surface area is 169 Å². The number of imidazole rings is 1. The first kappa shape index (κ1) is 20.6. The molecule has 1 aliphatic rings. The van der Waals surface area contributed by atoms with Gasteiger partial charge >= 0.3 is 11.9 Å². The lowest BCUT2D eigenvalue weighted by Crippen LogP contribution is -2.36. The number of carboxylic acid groups (broad SMARTS) is 1. The van der Waals surface area contributed by atoms with Gasteiger partial charge in [0.1, 0.15) is 11.0 Å². The molecule has 0 aliphatic heterocycles. The van der Waals surface area contributed by atoms with Crippen molar-refractivity contribution in [1.82, 2.24) is 9.55 Å². The number of carbonyl (C=O) groups excluding carboxylic acids is 1. The highest BCUT2D eigenvalue weighted by Crippen LogP contribution is 2.58. The lowest BCUT2D eigenvalue weighted by atomic mass is 9.83. The number of nitrogens with zero attached hydrogens (tertiary/aromatic N) is 3. The second kappa shape index (κ2) is 7.03. The second-order valence-electron chi connectivity index (χ2n) is 8.83. The normalized spacial score (nSPS) is 22.9. The van der Waals surface area contributed by atoms with Crippen molar-refractivity contribution in [2.45, 2.75) is 51.6 Å². The van der Waals surface area contributed by atoms with Crippen molar-refractivity contribution in [2.24, 2.45) is 11.3 Å². The predicted octanol–water partition coefficient (Wildman–Crippen LogP) is 3.48. The number of nitriles is 1. The van der Waals surface area contributed by atoms with Gasteiger partial charge in [0.05, 0.1) is 18.1 Å². The van der Waals surface area contributed by atoms with Crippen molar-refractivity contribution in [1.29, 1.82) is 5.26 Å². The standard InChI is InChI=1S/C22H25N3O4/c1-20(2,3)29-19(28)21(4,13-23)10-15-11-22(15,18(26)27)17-12-25(14-24-17)16-8-6-5-7-9-16/h5-9,12,14-15H,10-11H2,1-4H3,(H,26,27)/t15-,21?,22+/m0/s1. The van der Waals surface area contributed by atoms with Crippen LogP contribution in [0.5, 0.6) is 0 Å². The van der Waals surface area contributed by atoms with Gasteiger partial charge in [-0.05, 0) is 58.6 Å². The molecule has 0 spiro atoms. The molecule has 3 rings (SSSR count). The molecule has 0 radical (unpaired) electrons. The summed E-state index contributed by atoms with van der Waals surface area (Å²) in [6.45, 7) is 6.71. The van der Waals surface area contributed by atoms with E-state index in [-0.39, 0.29) is 12.3 Å². The molecule has 7 nitrogen and oxygen atoms in total. The van der Waals surface area contributed by atoms with Gasteiger partial charge < -0.3 is 14.4 Å². The Bertz CT molecular complexity index is 970. The van der Waals surface area contributed by atoms with E-state index in [0.29, 0.717) is 12.1 Å². The Morgan fingerprint density at radius 1 is 1.31 bits per heavy atom. The molecule has 1 saturated carbocycles. The molecule has 1 aliphatic carbocycles. The number of para-hydroxylation sites is 1. The summed E-state index contributed by atoms with van der Waals surface area (Å²) in [5.41, 5.74) is -2.03. The van der Waals surface area contributed by atoms with Gasteiger partial charge in [-0.3, -0.25) is 9.59 Å². The molecule has 0 saturated heterocycles. The molecule has 2 aromatic rings. The highest BCUT2D eigenvalue weighted by atomic mass is 16.6. The van der Waals surface area contributed by atoms with Crippen molar-refractivity contribution < 1.29 is 19.4 Å². The monoisotopic (exact) mass is 395 g/mol. The van der Waals surface area contributed by atoms with Gasteiger partial charge in [-0.2, -0.15) is 5.26 Å². The van der Waals surface area contributed by atoms with Crippen LogP contribution in [-0.2, 0) is 19.7 Å². The molecule has 7 heteroatoms. The molecule has 1 aromatic heterocycles. The number of aromatic nitrogens is 2. The highest BCUT2D eigenvalue weighted by molar-refractivity contribution is 5.86. The van der Waals surface area contributed by atoms with E-state index in [1.807, 2.05) is 36.4 Å². The first-order valence-electron chi connectivity index (χ1n) is 9.50. The zero-order valence-electron chi connectivity index (χ0n) is 17.0. The molecule has 0 amide bonds. The maximum absolute atomic E-state index is 12.6. The SMILES string of the molecule is CC(C)(C)OC(=O)C(C)(C#N)C[C@H]1C[C@]1(C(=O)O)c1cn(-c2ccccc2)cn1. The molecule has 1 heterocycles. The van der Waals surface area contributed by atoms with Crippen molar-refractivity contribution in [3.8, 4) is 11.8 Å². The van der Waals surface area contributed by atoms with Crippen LogP contribution in [0, 0.1) is 22.7 Å². The Kier molecular flexibility index (Phi) is 4.99. The first-order chi connectivity index (χ1) is 13.5. The van der Waals surface area contributed by atoms with Gasteiger partial charge in [0.15, 0.2) is 5.41 Å². The fraction of sp³-hybridized carbons (Fsp3) is 0.455. The smallest absolute Gasteiger partial charge is 0.326 e. The molecular formula is C22H25N3O4. The van der Waals surface area contributed by atoms with Gasteiger partial charge in [-0.25, -0.2) is 4.98 Å². The average molecular weight is 395 g/mol. The number of esters is 1. The summed E-state index contributed by atoms with van der Waals surface area (Å²) in [5.74, 6) is -2.00. The van der Waals surface area contributed by atoms with Gasteiger partial charge in [0.2, 0.25) is 0 Å². The topological polar surface area (TPSA) is 105 Å². The van der Waals surface area contributed by atoms with Gasteiger partial charge in [0, 0.05) is 11.9 Å². The van der Waals surface area contributed by atoms with Crippen LogP contribution in [0.15, 0.2) is 42.9 Å². The third kappa shape index (κ3) is 3.88. The Hall–Kier alpha value is -3.14. The third-order valence-electron chi connectivity index (χ3n) is 5.33. The highest BCUT2D eigenvalue weighted by Gasteiger charge is 2.65. The van der Waals surface area contributed by atoms with Crippen LogP contribution in [0.4, 0.5) is 0 Å². The van der Waals surface area contributed by atoms with Gasteiger partial charge in [-0.1, -0.05) is 18.2 Å². The summed E-state index contributed by atoms with van der Waals surface area (Å²) in [4.78, 5) is 29.1. The van der Waals surface area contributed by atoms with E-state index in [0.717, 1.165) is 5.69 Å². The third-order valence-corrected chi connectivity index (χ3v) is 5.33. The molecule has 1 fully saturated rings. The van der Waals surface area contributed by atoms with E-state index in [1.165, 1.54) is 6.92 Å². The molecule has 152 valence electrons. The Morgan fingerprint density at radius 3 is 2.52 bits per heavy atom. The van der Waals surface area contributed by atoms with E-state index in [9.17, 15) is 20.0 Å². The number of benzene rings is 1. The van der Waals surface area contributed by atoms with E-state index in [1.54, 1.807) is 37.9 Å². The quantitative estimate of drug-likeness (QED) is 0.751. The number of carbonyl (C=O) groups is 2. The second-order valence-corrected chi connectivity index (χ2v) is 8.83. The fourth-order valence-electron chi connectivity index (χ4n) is 3.61. The molecule has 29 heavy (non-hydrogen) atoms. The maximum atomic E-state index is 12.6. The minimum Gasteiger partial charge on any atom is -0.481 e. The van der Waals surface area contributed by atoms with Crippen LogP contribution in [0.25, 0.3) is 5.69 Å². The van der Waals surface area contributed by atoms with E-state index >= 15 is 0 Å². The van der Waals surface area contributed by atoms with Gasteiger partial charge in [0.25, 0.3) is 0 Å². The number of hydrogen-bond donors (Lipinski definition) is 1. The molecule has 1 N–H and O–H groups in total. The number of aliphatic carboxylic acids is 1. The number of ether oxygens (including phenoxy) is 1. The van der Waals surface area contributed by atoms with Crippen LogP contribution < -0.4 is 0 Å². The van der Waals surface area contributed by atoms with Crippen molar-refractivity contribution >= 4 is 11.9 Å². The summed E-state index contributed by atoms with van der Waals surface area (Å²) < 4.78 is 7.16. The van der Waals surface area contributed by atoms with E-state index in [2.05, 4.69) is 4.98 Å². The van der Waals surface area contributed by atoms with Gasteiger partial charge in [-0.15, -0.1) is 0 Å². The van der Waals surface area contributed by atoms with Crippen LogP contribution in [0.2, 0.25) is 0 Å². The number of rotatable bonds is 6. The minimum absolute atomic E-state index is 0.100. The van der Waals surface area contributed by atoms with E-state index < -0.39 is 28.4 Å². The fourth-order valence-corrected chi connectivity index (χ4v) is 3.61. The Morgan fingerprint density at radius 2 is 1.97 bits per heavy atom. The average Bonchev–Trinajstić information content (AvgIpc) is 3.15. The lowest BCUT2D eigenvalue weighted by Gasteiger charge is -2.27. The number of carboxylic acids is 1. The van der Waals surface area contributed by atoms with Crippen LogP contribution in [0.1, 0.15) is 46.2 Å². The minimum atomic E-state index is -1.42. The summed E-state index contributed by atoms with van der Waals surface area (Å²) in [5, 5.41) is 19.6. The molecule has 0 bridgehead atoms. The number of hydrogen-bond acceptors (Lipinski definition) is 5. The van der Waals surface area contributed by atoms with Crippen molar-refractivity contribution in [2.75, 3.05) is 0 Å². The Balaban J connectivity index is 1.84. The molecule has 3 atom stereocenters. The first-order valence-corrected chi connectivity index (χ1v) is 9.50. The summed E-state index contributed by atoms with van der Waals surface area (Å²) in [6.07, 6.45) is 3.72. The van der Waals surface area contributed by atoms with Crippen LogP contribution in [0.3, 0.4) is 0 Å². The molecule has 1 unspecified atom stereocenters. The van der Waals surface area contributed by atoms with Crippen molar-refractivity contribution in [3.63, 3.8) is 0 Å². The summed E-state index contributed by atoms with van der Waals surface area (Å²) in [7, 11) is 0. The van der Waals surface area contributed by atoms with Crippen molar-refractivity contribution in [3.05, 3.63) is 48.5 Å².